The second kappa shape index (κ2) is 11.4. The first-order valence-electron chi connectivity index (χ1n) is 11.9. The van der Waals surface area contributed by atoms with Crippen molar-refractivity contribution in [3.8, 4) is 5.75 Å². The van der Waals surface area contributed by atoms with Gasteiger partial charge in [0, 0.05) is 25.3 Å². The standard InChI is InChI=1S/C26H31F2N3O3/c27-26(28)34-23-12-3-2-11-22(23)25(33)31-15-7-9-20(18-31)24(32)29-21-10-6-8-19(16-21)17-30-13-4-1-5-14-30/h2-3,6,8,10-12,16,20,26H,1,4-5,7,9,13-15,17-18H2,(H,29,32). The van der Waals surface area contributed by atoms with Gasteiger partial charge < -0.3 is 15.0 Å². The highest BCUT2D eigenvalue weighted by atomic mass is 19.3. The molecule has 2 amide bonds. The molecular formula is C26H31F2N3O3. The predicted octanol–water partition coefficient (Wildman–Crippen LogP) is 4.76. The molecule has 1 N–H and O–H groups in total. The van der Waals surface area contributed by atoms with Crippen molar-refractivity contribution in [3.05, 3.63) is 59.7 Å². The molecule has 0 saturated carbocycles. The molecule has 8 heteroatoms. The van der Waals surface area contributed by atoms with Crippen LogP contribution in [-0.2, 0) is 11.3 Å². The highest BCUT2D eigenvalue weighted by Gasteiger charge is 2.30. The zero-order valence-electron chi connectivity index (χ0n) is 19.2. The second-order valence-corrected chi connectivity index (χ2v) is 8.99. The Bertz CT molecular complexity index is 995. The zero-order valence-corrected chi connectivity index (χ0v) is 19.2. The Labute approximate surface area is 198 Å². The molecule has 0 aromatic heterocycles. The van der Waals surface area contributed by atoms with Gasteiger partial charge >= 0.3 is 6.61 Å². The Hall–Kier alpha value is -3.00. The van der Waals surface area contributed by atoms with E-state index < -0.39 is 12.5 Å². The number of para-hydroxylation sites is 1. The van der Waals surface area contributed by atoms with Crippen molar-refractivity contribution in [2.75, 3.05) is 31.5 Å². The number of carbonyl (C=O) groups is 2. The van der Waals surface area contributed by atoms with Crippen molar-refractivity contribution in [2.45, 2.75) is 45.3 Å². The van der Waals surface area contributed by atoms with E-state index in [0.717, 1.165) is 30.9 Å². The largest absolute Gasteiger partial charge is 0.434 e. The van der Waals surface area contributed by atoms with E-state index in [4.69, 9.17) is 0 Å². The third kappa shape index (κ3) is 6.32. The molecule has 0 spiro atoms. The Morgan fingerprint density at radius 3 is 2.59 bits per heavy atom. The molecule has 2 aromatic carbocycles. The monoisotopic (exact) mass is 471 g/mol. The van der Waals surface area contributed by atoms with Crippen LogP contribution in [0.2, 0.25) is 0 Å². The van der Waals surface area contributed by atoms with Crippen LogP contribution in [0.25, 0.3) is 0 Å². The van der Waals surface area contributed by atoms with E-state index in [-0.39, 0.29) is 29.7 Å². The Kier molecular flexibility index (Phi) is 8.11. The molecule has 34 heavy (non-hydrogen) atoms. The summed E-state index contributed by atoms with van der Waals surface area (Å²) in [4.78, 5) is 30.0. The number of hydrogen-bond acceptors (Lipinski definition) is 4. The van der Waals surface area contributed by atoms with Gasteiger partial charge in [-0.1, -0.05) is 30.7 Å². The number of benzene rings is 2. The van der Waals surface area contributed by atoms with E-state index in [1.807, 2.05) is 18.2 Å². The third-order valence-electron chi connectivity index (χ3n) is 6.46. The lowest BCUT2D eigenvalue weighted by Crippen LogP contribution is -2.43. The minimum absolute atomic E-state index is 0.0780. The first-order chi connectivity index (χ1) is 16.5. The van der Waals surface area contributed by atoms with Crippen LogP contribution < -0.4 is 10.1 Å². The Balaban J connectivity index is 1.37. The fourth-order valence-electron chi connectivity index (χ4n) is 4.76. The molecule has 1 unspecified atom stereocenters. The normalized spacial score (nSPS) is 19.1. The summed E-state index contributed by atoms with van der Waals surface area (Å²) in [5.74, 6) is -1.06. The van der Waals surface area contributed by atoms with Crippen molar-refractivity contribution in [1.29, 1.82) is 0 Å². The molecule has 4 rings (SSSR count). The molecule has 0 aliphatic carbocycles. The van der Waals surface area contributed by atoms with Crippen LogP contribution in [0.3, 0.4) is 0 Å². The number of alkyl halides is 2. The third-order valence-corrected chi connectivity index (χ3v) is 6.46. The number of halogens is 2. The van der Waals surface area contributed by atoms with Gasteiger partial charge in [0.25, 0.3) is 5.91 Å². The predicted molar refractivity (Wildman–Crippen MR) is 126 cm³/mol. The highest BCUT2D eigenvalue weighted by molar-refractivity contribution is 5.98. The van der Waals surface area contributed by atoms with Crippen LogP contribution >= 0.6 is 0 Å². The van der Waals surface area contributed by atoms with Crippen LogP contribution in [-0.4, -0.2) is 54.4 Å². The number of piperidine rings is 2. The molecule has 2 aliphatic heterocycles. The first-order valence-corrected chi connectivity index (χ1v) is 11.9. The zero-order chi connectivity index (χ0) is 23.9. The van der Waals surface area contributed by atoms with Crippen molar-refractivity contribution < 1.29 is 23.1 Å². The molecule has 182 valence electrons. The van der Waals surface area contributed by atoms with Crippen molar-refractivity contribution >= 4 is 17.5 Å². The van der Waals surface area contributed by atoms with E-state index >= 15 is 0 Å². The number of nitrogens with zero attached hydrogens (tertiary/aromatic N) is 2. The van der Waals surface area contributed by atoms with Gasteiger partial charge in [-0.25, -0.2) is 0 Å². The second-order valence-electron chi connectivity index (χ2n) is 8.99. The SMILES string of the molecule is O=C(Nc1cccc(CN2CCCCC2)c1)C1CCCN(C(=O)c2ccccc2OC(F)F)C1. The Morgan fingerprint density at radius 1 is 1.00 bits per heavy atom. The fraction of sp³-hybridized carbons (Fsp3) is 0.462. The average molecular weight is 472 g/mol. The quantitative estimate of drug-likeness (QED) is 0.632. The smallest absolute Gasteiger partial charge is 0.387 e. The van der Waals surface area contributed by atoms with Gasteiger partial charge in [-0.3, -0.25) is 14.5 Å². The maximum absolute atomic E-state index is 13.0. The van der Waals surface area contributed by atoms with Gasteiger partial charge in [0.2, 0.25) is 5.91 Å². The minimum atomic E-state index is -3.01. The van der Waals surface area contributed by atoms with Crippen LogP contribution in [0.1, 0.15) is 48.0 Å². The first kappa shape index (κ1) is 24.1. The molecule has 2 saturated heterocycles. The van der Waals surface area contributed by atoms with E-state index in [1.165, 1.54) is 31.4 Å². The van der Waals surface area contributed by atoms with Gasteiger partial charge in [-0.05, 0) is 68.6 Å². The number of nitrogens with one attached hydrogen (secondary N) is 1. The van der Waals surface area contributed by atoms with E-state index in [2.05, 4.69) is 21.0 Å². The van der Waals surface area contributed by atoms with Gasteiger partial charge in [-0.2, -0.15) is 8.78 Å². The topological polar surface area (TPSA) is 61.9 Å². The number of anilines is 1. The van der Waals surface area contributed by atoms with Gasteiger partial charge in [0.1, 0.15) is 5.75 Å². The summed E-state index contributed by atoms with van der Waals surface area (Å²) in [6.45, 7) is 0.773. The average Bonchev–Trinajstić information content (AvgIpc) is 2.84. The number of ether oxygens (including phenoxy) is 1. The lowest BCUT2D eigenvalue weighted by molar-refractivity contribution is -0.121. The summed E-state index contributed by atoms with van der Waals surface area (Å²) in [7, 11) is 0. The van der Waals surface area contributed by atoms with E-state index in [0.29, 0.717) is 19.4 Å². The molecular weight excluding hydrogens is 440 g/mol. The number of likely N-dealkylation sites (tertiary alicyclic amines) is 2. The minimum Gasteiger partial charge on any atom is -0.434 e. The molecule has 2 fully saturated rings. The summed E-state index contributed by atoms with van der Waals surface area (Å²) >= 11 is 0. The van der Waals surface area contributed by atoms with Crippen LogP contribution in [0.5, 0.6) is 5.75 Å². The molecule has 6 nitrogen and oxygen atoms in total. The molecule has 2 aliphatic rings. The van der Waals surface area contributed by atoms with Crippen molar-refractivity contribution in [1.82, 2.24) is 9.80 Å². The van der Waals surface area contributed by atoms with Crippen LogP contribution in [0.4, 0.5) is 14.5 Å². The maximum Gasteiger partial charge on any atom is 0.387 e. The molecule has 0 radical (unpaired) electrons. The highest BCUT2D eigenvalue weighted by Crippen LogP contribution is 2.26. The summed E-state index contributed by atoms with van der Waals surface area (Å²) in [6.07, 6.45) is 5.07. The molecule has 0 bridgehead atoms. The van der Waals surface area contributed by atoms with Gasteiger partial charge in [0.05, 0.1) is 11.5 Å². The molecule has 2 aromatic rings. The van der Waals surface area contributed by atoms with Gasteiger partial charge in [0.15, 0.2) is 0 Å². The fourth-order valence-corrected chi connectivity index (χ4v) is 4.76. The molecule has 1 atom stereocenters. The lowest BCUT2D eigenvalue weighted by Gasteiger charge is -2.32. The number of carbonyl (C=O) groups excluding carboxylic acids is 2. The van der Waals surface area contributed by atoms with Crippen LogP contribution in [0, 0.1) is 5.92 Å². The summed E-state index contributed by atoms with van der Waals surface area (Å²) in [5.41, 5.74) is 1.99. The maximum atomic E-state index is 13.0. The summed E-state index contributed by atoms with van der Waals surface area (Å²) in [6, 6.07) is 13.9. The number of amides is 2. The lowest BCUT2D eigenvalue weighted by atomic mass is 9.96. The number of hydrogen-bond donors (Lipinski definition) is 1. The van der Waals surface area contributed by atoms with Crippen molar-refractivity contribution in [3.63, 3.8) is 0 Å². The van der Waals surface area contributed by atoms with Gasteiger partial charge in [-0.15, -0.1) is 0 Å². The number of rotatable bonds is 7. The Morgan fingerprint density at radius 2 is 1.79 bits per heavy atom. The summed E-state index contributed by atoms with van der Waals surface area (Å²) in [5, 5.41) is 3.01. The van der Waals surface area contributed by atoms with Crippen molar-refractivity contribution in [2.24, 2.45) is 5.92 Å². The van der Waals surface area contributed by atoms with E-state index in [1.54, 1.807) is 17.0 Å². The van der Waals surface area contributed by atoms with E-state index in [9.17, 15) is 18.4 Å². The molecule has 2 heterocycles. The van der Waals surface area contributed by atoms with Crippen LogP contribution in [0.15, 0.2) is 48.5 Å². The summed E-state index contributed by atoms with van der Waals surface area (Å²) < 4.78 is 30.0.